The monoisotopic (exact) mass is 203 g/mol. The Morgan fingerprint density at radius 1 is 1.13 bits per heavy atom. The summed E-state index contributed by atoms with van der Waals surface area (Å²) in [5.74, 6) is 0. The molecule has 82 valence electrons. The second-order valence-corrected chi connectivity index (χ2v) is 5.48. The van der Waals surface area contributed by atoms with Gasteiger partial charge in [-0.25, -0.2) is 0 Å². The molecule has 0 bridgehead atoms. The standard InChI is InChI=1S/C14H21N/c1-5-11-6-7-12-9-15(14(2,3)4)10-13(12)8-11/h6-8H,5,9-10H2,1-4H3. The molecule has 1 aliphatic rings. The predicted octanol–water partition coefficient (Wildman–Crippen LogP) is 3.36. The Bertz CT molecular complexity index is 360. The summed E-state index contributed by atoms with van der Waals surface area (Å²) in [6, 6.07) is 6.95. The highest BCUT2D eigenvalue weighted by Gasteiger charge is 2.27. The topological polar surface area (TPSA) is 3.24 Å². The van der Waals surface area contributed by atoms with Gasteiger partial charge in [-0.2, -0.15) is 0 Å². The third kappa shape index (κ3) is 2.07. The molecule has 0 unspecified atom stereocenters. The van der Waals surface area contributed by atoms with E-state index in [-0.39, 0.29) is 5.54 Å². The van der Waals surface area contributed by atoms with Gasteiger partial charge in [0.2, 0.25) is 0 Å². The van der Waals surface area contributed by atoms with Crippen molar-refractivity contribution >= 4 is 0 Å². The molecule has 0 aromatic heterocycles. The van der Waals surface area contributed by atoms with Crippen LogP contribution in [0.25, 0.3) is 0 Å². The van der Waals surface area contributed by atoms with Crippen LogP contribution in [0.2, 0.25) is 0 Å². The Labute approximate surface area is 93.1 Å². The van der Waals surface area contributed by atoms with Gasteiger partial charge in [0, 0.05) is 18.6 Å². The molecule has 0 saturated heterocycles. The van der Waals surface area contributed by atoms with E-state index >= 15 is 0 Å². The molecular weight excluding hydrogens is 182 g/mol. The second kappa shape index (κ2) is 3.64. The van der Waals surface area contributed by atoms with Crippen LogP contribution in [-0.2, 0) is 19.5 Å². The van der Waals surface area contributed by atoms with E-state index in [0.717, 1.165) is 19.5 Å². The summed E-state index contributed by atoms with van der Waals surface area (Å²) in [6.07, 6.45) is 1.14. The van der Waals surface area contributed by atoms with Crippen LogP contribution >= 0.6 is 0 Å². The van der Waals surface area contributed by atoms with Gasteiger partial charge in [0.25, 0.3) is 0 Å². The van der Waals surface area contributed by atoms with Crippen LogP contribution in [0.15, 0.2) is 18.2 Å². The fraction of sp³-hybridized carbons (Fsp3) is 0.571. The highest BCUT2D eigenvalue weighted by atomic mass is 15.2. The van der Waals surface area contributed by atoms with Crippen LogP contribution in [0.5, 0.6) is 0 Å². The number of benzene rings is 1. The summed E-state index contributed by atoms with van der Waals surface area (Å²) in [4.78, 5) is 2.54. The summed E-state index contributed by atoms with van der Waals surface area (Å²) in [5, 5.41) is 0. The van der Waals surface area contributed by atoms with E-state index in [1.165, 1.54) is 16.7 Å². The molecule has 1 heterocycles. The maximum atomic E-state index is 2.54. The minimum atomic E-state index is 0.283. The van der Waals surface area contributed by atoms with Crippen LogP contribution in [0.1, 0.15) is 44.4 Å². The Kier molecular flexibility index (Phi) is 2.59. The SMILES string of the molecule is CCc1ccc2c(c1)CN(C(C)(C)C)C2. The third-order valence-electron chi connectivity index (χ3n) is 3.35. The molecule has 0 saturated carbocycles. The van der Waals surface area contributed by atoms with Gasteiger partial charge in [-0.05, 0) is 43.9 Å². The summed E-state index contributed by atoms with van der Waals surface area (Å²) < 4.78 is 0. The summed E-state index contributed by atoms with van der Waals surface area (Å²) in [5.41, 5.74) is 4.79. The third-order valence-corrected chi connectivity index (χ3v) is 3.35. The van der Waals surface area contributed by atoms with E-state index < -0.39 is 0 Å². The number of fused-ring (bicyclic) bond motifs is 1. The average Bonchev–Trinajstić information content (AvgIpc) is 2.59. The normalized spacial score (nSPS) is 16.8. The number of nitrogens with zero attached hydrogens (tertiary/aromatic N) is 1. The number of hydrogen-bond donors (Lipinski definition) is 0. The van der Waals surface area contributed by atoms with Gasteiger partial charge in [-0.3, -0.25) is 4.90 Å². The maximum Gasteiger partial charge on any atom is 0.0245 e. The summed E-state index contributed by atoms with van der Waals surface area (Å²) >= 11 is 0. The number of rotatable bonds is 1. The number of hydrogen-bond acceptors (Lipinski definition) is 1. The zero-order valence-corrected chi connectivity index (χ0v) is 10.3. The van der Waals surface area contributed by atoms with Gasteiger partial charge >= 0.3 is 0 Å². The lowest BCUT2D eigenvalue weighted by molar-refractivity contribution is 0.136. The first-order valence-electron chi connectivity index (χ1n) is 5.86. The van der Waals surface area contributed by atoms with Crippen molar-refractivity contribution in [3.05, 3.63) is 34.9 Å². The van der Waals surface area contributed by atoms with Crippen molar-refractivity contribution in [3.8, 4) is 0 Å². The van der Waals surface area contributed by atoms with Crippen LogP contribution < -0.4 is 0 Å². The molecule has 1 aromatic carbocycles. The average molecular weight is 203 g/mol. The fourth-order valence-corrected chi connectivity index (χ4v) is 2.14. The zero-order valence-electron chi connectivity index (χ0n) is 10.3. The molecule has 0 amide bonds. The molecule has 1 nitrogen and oxygen atoms in total. The zero-order chi connectivity index (χ0) is 11.1. The van der Waals surface area contributed by atoms with E-state index in [0.29, 0.717) is 0 Å². The minimum Gasteiger partial charge on any atom is -0.290 e. The molecular formula is C14H21N. The molecule has 1 heteroatoms. The van der Waals surface area contributed by atoms with E-state index in [1.807, 2.05) is 0 Å². The van der Waals surface area contributed by atoms with Gasteiger partial charge in [-0.1, -0.05) is 25.1 Å². The molecule has 2 rings (SSSR count). The smallest absolute Gasteiger partial charge is 0.0245 e. The quantitative estimate of drug-likeness (QED) is 0.676. The van der Waals surface area contributed by atoms with E-state index in [1.54, 1.807) is 0 Å². The lowest BCUT2D eigenvalue weighted by Crippen LogP contribution is -2.36. The van der Waals surface area contributed by atoms with Crippen molar-refractivity contribution in [2.24, 2.45) is 0 Å². The van der Waals surface area contributed by atoms with Crippen LogP contribution in [0.3, 0.4) is 0 Å². The Hall–Kier alpha value is -0.820. The van der Waals surface area contributed by atoms with Gasteiger partial charge in [-0.15, -0.1) is 0 Å². The number of aryl methyl sites for hydroxylation is 1. The first-order chi connectivity index (χ1) is 7.00. The molecule has 0 radical (unpaired) electrons. The van der Waals surface area contributed by atoms with Crippen molar-refractivity contribution in [2.45, 2.75) is 52.7 Å². The summed E-state index contributed by atoms with van der Waals surface area (Å²) in [7, 11) is 0. The van der Waals surface area contributed by atoms with E-state index in [9.17, 15) is 0 Å². The first-order valence-corrected chi connectivity index (χ1v) is 5.86. The second-order valence-electron chi connectivity index (χ2n) is 5.48. The fourth-order valence-electron chi connectivity index (χ4n) is 2.14. The van der Waals surface area contributed by atoms with Gasteiger partial charge in [0.05, 0.1) is 0 Å². The highest BCUT2D eigenvalue weighted by molar-refractivity contribution is 5.35. The minimum absolute atomic E-state index is 0.283. The van der Waals surface area contributed by atoms with Crippen molar-refractivity contribution in [2.75, 3.05) is 0 Å². The molecule has 15 heavy (non-hydrogen) atoms. The lowest BCUT2D eigenvalue weighted by Gasteiger charge is -2.31. The molecule has 0 atom stereocenters. The first kappa shape index (κ1) is 10.7. The van der Waals surface area contributed by atoms with E-state index in [2.05, 4.69) is 50.8 Å². The van der Waals surface area contributed by atoms with Gasteiger partial charge < -0.3 is 0 Å². The van der Waals surface area contributed by atoms with Gasteiger partial charge in [0.15, 0.2) is 0 Å². The van der Waals surface area contributed by atoms with Crippen LogP contribution in [0.4, 0.5) is 0 Å². The molecule has 0 spiro atoms. The Balaban J connectivity index is 2.24. The Morgan fingerprint density at radius 2 is 1.80 bits per heavy atom. The molecule has 1 aromatic rings. The van der Waals surface area contributed by atoms with Crippen LogP contribution in [-0.4, -0.2) is 10.4 Å². The molecule has 0 N–H and O–H groups in total. The van der Waals surface area contributed by atoms with Crippen LogP contribution in [0, 0.1) is 0 Å². The largest absolute Gasteiger partial charge is 0.290 e. The summed E-state index contributed by atoms with van der Waals surface area (Å²) in [6.45, 7) is 11.3. The van der Waals surface area contributed by atoms with Crippen molar-refractivity contribution < 1.29 is 0 Å². The van der Waals surface area contributed by atoms with E-state index in [4.69, 9.17) is 0 Å². The van der Waals surface area contributed by atoms with Crippen molar-refractivity contribution in [3.63, 3.8) is 0 Å². The molecule has 1 aliphatic heterocycles. The highest BCUT2D eigenvalue weighted by Crippen LogP contribution is 2.29. The lowest BCUT2D eigenvalue weighted by atomic mass is 10.1. The molecule has 0 aliphatic carbocycles. The maximum absolute atomic E-state index is 2.54. The van der Waals surface area contributed by atoms with Gasteiger partial charge in [0.1, 0.15) is 0 Å². The predicted molar refractivity (Wildman–Crippen MR) is 64.8 cm³/mol. The van der Waals surface area contributed by atoms with Crippen molar-refractivity contribution in [1.82, 2.24) is 4.90 Å². The Morgan fingerprint density at radius 3 is 2.40 bits per heavy atom. The molecule has 0 fully saturated rings. The van der Waals surface area contributed by atoms with Crippen molar-refractivity contribution in [1.29, 1.82) is 0 Å².